The molecule has 4 rings (SSSR count). The van der Waals surface area contributed by atoms with Crippen LogP contribution in [0, 0.1) is 0 Å². The molecule has 0 atom stereocenters. The summed E-state index contributed by atoms with van der Waals surface area (Å²) in [6.45, 7) is 3.25. The molecule has 0 unspecified atom stereocenters. The molecule has 3 aromatic rings. The largest absolute Gasteiger partial charge is 0.497 e. The van der Waals surface area contributed by atoms with E-state index in [2.05, 4.69) is 25.0 Å². The Bertz CT molecular complexity index is 920. The third kappa shape index (κ3) is 3.99. The van der Waals surface area contributed by atoms with Crippen molar-refractivity contribution in [1.29, 1.82) is 0 Å². The maximum atomic E-state index is 12.4. The lowest BCUT2D eigenvalue weighted by molar-refractivity contribution is 0.0609. The van der Waals surface area contributed by atoms with Crippen molar-refractivity contribution in [2.24, 2.45) is 0 Å². The summed E-state index contributed by atoms with van der Waals surface area (Å²) < 4.78 is 10.5. The summed E-state index contributed by atoms with van der Waals surface area (Å²) in [7, 11) is 1.63. The van der Waals surface area contributed by atoms with Crippen molar-refractivity contribution in [3.63, 3.8) is 0 Å². The van der Waals surface area contributed by atoms with Crippen LogP contribution in [0.5, 0.6) is 5.75 Å². The summed E-state index contributed by atoms with van der Waals surface area (Å²) in [4.78, 5) is 28.9. The highest BCUT2D eigenvalue weighted by Gasteiger charge is 2.24. The average molecular weight is 380 g/mol. The Kier molecular flexibility index (Phi) is 5.24. The Morgan fingerprint density at radius 3 is 2.61 bits per heavy atom. The molecule has 9 nitrogen and oxygen atoms in total. The fraction of sp³-hybridized carbons (Fsp3) is 0.316. The third-order valence-corrected chi connectivity index (χ3v) is 4.62. The molecule has 2 aromatic heterocycles. The number of rotatable bonds is 5. The van der Waals surface area contributed by atoms with E-state index in [0.717, 1.165) is 24.4 Å². The normalized spacial score (nSPS) is 14.8. The Balaban J connectivity index is 1.32. The van der Waals surface area contributed by atoms with Gasteiger partial charge in [-0.25, -0.2) is 4.98 Å². The van der Waals surface area contributed by atoms with Gasteiger partial charge in [-0.1, -0.05) is 5.16 Å². The number of hydrogen-bond donors (Lipinski definition) is 0. The minimum atomic E-state index is -0.0904. The van der Waals surface area contributed by atoms with Gasteiger partial charge in [-0.3, -0.25) is 14.7 Å². The van der Waals surface area contributed by atoms with E-state index in [9.17, 15) is 4.79 Å². The van der Waals surface area contributed by atoms with Gasteiger partial charge in [0.25, 0.3) is 5.91 Å². The summed E-state index contributed by atoms with van der Waals surface area (Å²) in [5, 5.41) is 4.06. The third-order valence-electron chi connectivity index (χ3n) is 4.62. The van der Waals surface area contributed by atoms with E-state index in [-0.39, 0.29) is 5.91 Å². The molecular weight excluding hydrogens is 360 g/mol. The number of methoxy groups -OCH3 is 1. The zero-order chi connectivity index (χ0) is 19.3. The number of carbonyl (C=O) groups excluding carboxylic acids is 1. The van der Waals surface area contributed by atoms with Gasteiger partial charge >= 0.3 is 0 Å². The first-order valence-corrected chi connectivity index (χ1v) is 8.97. The maximum absolute atomic E-state index is 12.4. The van der Waals surface area contributed by atoms with Gasteiger partial charge in [0, 0.05) is 44.1 Å². The summed E-state index contributed by atoms with van der Waals surface area (Å²) in [6.07, 6.45) is 4.58. The van der Waals surface area contributed by atoms with E-state index >= 15 is 0 Å². The van der Waals surface area contributed by atoms with Crippen molar-refractivity contribution in [3.8, 4) is 17.1 Å². The van der Waals surface area contributed by atoms with Crippen molar-refractivity contribution in [1.82, 2.24) is 29.9 Å². The summed E-state index contributed by atoms with van der Waals surface area (Å²) in [5.41, 5.74) is 1.24. The molecule has 0 spiro atoms. The van der Waals surface area contributed by atoms with Crippen molar-refractivity contribution < 1.29 is 14.1 Å². The van der Waals surface area contributed by atoms with Crippen LogP contribution < -0.4 is 4.74 Å². The number of ether oxygens (including phenoxy) is 1. The van der Waals surface area contributed by atoms with Crippen molar-refractivity contribution in [2.75, 3.05) is 33.3 Å². The van der Waals surface area contributed by atoms with Gasteiger partial charge in [-0.2, -0.15) is 4.98 Å². The van der Waals surface area contributed by atoms with Crippen molar-refractivity contribution >= 4 is 5.91 Å². The molecule has 0 N–H and O–H groups in total. The minimum absolute atomic E-state index is 0.0904. The fourth-order valence-corrected chi connectivity index (χ4v) is 3.05. The van der Waals surface area contributed by atoms with E-state index in [1.807, 2.05) is 24.3 Å². The first kappa shape index (κ1) is 18.1. The Hall–Kier alpha value is -3.33. The number of aromatic nitrogens is 4. The van der Waals surface area contributed by atoms with Gasteiger partial charge in [0.2, 0.25) is 11.7 Å². The minimum Gasteiger partial charge on any atom is -0.497 e. The monoisotopic (exact) mass is 380 g/mol. The number of hydrogen-bond acceptors (Lipinski definition) is 8. The zero-order valence-electron chi connectivity index (χ0n) is 15.5. The second-order valence-electron chi connectivity index (χ2n) is 6.40. The molecule has 1 aliphatic rings. The second kappa shape index (κ2) is 8.13. The van der Waals surface area contributed by atoms with Crippen LogP contribution in [0.1, 0.15) is 16.4 Å². The van der Waals surface area contributed by atoms with Gasteiger partial charge < -0.3 is 14.2 Å². The summed E-state index contributed by atoms with van der Waals surface area (Å²) in [6, 6.07) is 7.51. The van der Waals surface area contributed by atoms with E-state index in [1.54, 1.807) is 18.2 Å². The zero-order valence-corrected chi connectivity index (χ0v) is 15.5. The molecular formula is C19H20N6O3. The molecule has 28 heavy (non-hydrogen) atoms. The standard InChI is InChI=1S/C19H20N6O3/c1-27-15-4-2-14(3-5-15)18-22-17(28-23-18)13-24-8-10-25(11-9-24)19(26)16-12-20-6-7-21-16/h2-7,12H,8-11,13H2,1H3. The molecule has 9 heteroatoms. The first-order valence-electron chi connectivity index (χ1n) is 8.97. The fourth-order valence-electron chi connectivity index (χ4n) is 3.05. The molecule has 0 bridgehead atoms. The molecule has 0 saturated carbocycles. The molecule has 1 aliphatic heterocycles. The second-order valence-corrected chi connectivity index (χ2v) is 6.40. The quantitative estimate of drug-likeness (QED) is 0.657. The highest BCUT2D eigenvalue weighted by atomic mass is 16.5. The number of nitrogens with zero attached hydrogens (tertiary/aromatic N) is 6. The maximum Gasteiger partial charge on any atom is 0.274 e. The highest BCUT2D eigenvalue weighted by Crippen LogP contribution is 2.20. The summed E-state index contributed by atoms with van der Waals surface area (Å²) >= 11 is 0. The van der Waals surface area contributed by atoms with Crippen molar-refractivity contribution in [3.05, 3.63) is 54.4 Å². The Labute approximate surface area is 162 Å². The van der Waals surface area contributed by atoms with E-state index in [0.29, 0.717) is 37.0 Å². The molecule has 1 fully saturated rings. The van der Waals surface area contributed by atoms with Crippen LogP contribution in [0.4, 0.5) is 0 Å². The SMILES string of the molecule is COc1ccc(-c2noc(CN3CCN(C(=O)c4cnccn4)CC3)n2)cc1. The lowest BCUT2D eigenvalue weighted by Gasteiger charge is -2.33. The predicted octanol–water partition coefficient (Wildman–Crippen LogP) is 1.49. The smallest absolute Gasteiger partial charge is 0.274 e. The number of amides is 1. The van der Waals surface area contributed by atoms with Gasteiger partial charge in [0.1, 0.15) is 11.4 Å². The molecule has 1 saturated heterocycles. The molecule has 1 aromatic carbocycles. The van der Waals surface area contributed by atoms with Crippen LogP contribution in [-0.4, -0.2) is 69.1 Å². The first-order chi connectivity index (χ1) is 13.7. The summed E-state index contributed by atoms with van der Waals surface area (Å²) in [5.74, 6) is 1.79. The van der Waals surface area contributed by atoms with E-state index in [1.165, 1.54) is 12.4 Å². The van der Waals surface area contributed by atoms with Crippen LogP contribution in [0.15, 0.2) is 47.4 Å². The van der Waals surface area contributed by atoms with Crippen LogP contribution in [0.25, 0.3) is 11.4 Å². The van der Waals surface area contributed by atoms with Gasteiger partial charge in [0.15, 0.2) is 0 Å². The topological polar surface area (TPSA) is 97.5 Å². The van der Waals surface area contributed by atoms with Crippen LogP contribution in [0.3, 0.4) is 0 Å². The van der Waals surface area contributed by atoms with Gasteiger partial charge in [-0.05, 0) is 24.3 Å². The molecule has 144 valence electrons. The van der Waals surface area contributed by atoms with Crippen LogP contribution >= 0.6 is 0 Å². The van der Waals surface area contributed by atoms with E-state index in [4.69, 9.17) is 9.26 Å². The lowest BCUT2D eigenvalue weighted by atomic mass is 10.2. The molecule has 3 heterocycles. The van der Waals surface area contributed by atoms with Crippen LogP contribution in [-0.2, 0) is 6.54 Å². The molecule has 0 radical (unpaired) electrons. The van der Waals surface area contributed by atoms with Gasteiger partial charge in [-0.15, -0.1) is 0 Å². The number of carbonyl (C=O) groups is 1. The lowest BCUT2D eigenvalue weighted by Crippen LogP contribution is -2.48. The molecule has 0 aliphatic carbocycles. The van der Waals surface area contributed by atoms with E-state index < -0.39 is 0 Å². The number of benzene rings is 1. The van der Waals surface area contributed by atoms with Crippen LogP contribution in [0.2, 0.25) is 0 Å². The number of piperazine rings is 1. The average Bonchev–Trinajstić information content (AvgIpc) is 3.23. The molecule has 1 amide bonds. The Morgan fingerprint density at radius 2 is 1.93 bits per heavy atom. The highest BCUT2D eigenvalue weighted by molar-refractivity contribution is 5.92. The van der Waals surface area contributed by atoms with Crippen molar-refractivity contribution in [2.45, 2.75) is 6.54 Å². The van der Waals surface area contributed by atoms with Gasteiger partial charge in [0.05, 0.1) is 19.9 Å². The predicted molar refractivity (Wildman–Crippen MR) is 99.5 cm³/mol. The Morgan fingerprint density at radius 1 is 1.14 bits per heavy atom.